The zero-order valence-electron chi connectivity index (χ0n) is 12.9. The van der Waals surface area contributed by atoms with Crippen molar-refractivity contribution >= 4 is 11.3 Å². The van der Waals surface area contributed by atoms with E-state index in [0.29, 0.717) is 11.3 Å². The minimum absolute atomic E-state index is 0.182. The van der Waals surface area contributed by atoms with Crippen LogP contribution in [0.5, 0.6) is 0 Å². The Hall–Kier alpha value is -0.480. The average Bonchev–Trinajstić information content (AvgIpc) is 2.82. The summed E-state index contributed by atoms with van der Waals surface area (Å²) in [5.74, 6) is 0.620. The van der Waals surface area contributed by atoms with Crippen molar-refractivity contribution in [3.63, 3.8) is 0 Å². The maximum absolute atomic E-state index is 4.45. The highest BCUT2D eigenvalue weighted by Gasteiger charge is 2.37. The molecule has 3 nitrogen and oxygen atoms in total. The summed E-state index contributed by atoms with van der Waals surface area (Å²) in [6.45, 7) is 12.3. The van der Waals surface area contributed by atoms with E-state index in [0.717, 1.165) is 13.0 Å². The number of nitrogens with zero attached hydrogens (tertiary/aromatic N) is 2. The quantitative estimate of drug-likeness (QED) is 0.913. The number of rotatable bonds is 4. The minimum atomic E-state index is 0.182. The Bertz CT molecular complexity index is 417. The maximum Gasteiger partial charge on any atom is 0.121 e. The van der Waals surface area contributed by atoms with Gasteiger partial charge in [-0.25, -0.2) is 0 Å². The fraction of sp³-hybridized carbons (Fsp3) is 0.867. The van der Waals surface area contributed by atoms with Crippen LogP contribution in [0.3, 0.4) is 0 Å². The van der Waals surface area contributed by atoms with Gasteiger partial charge in [-0.3, -0.25) is 0 Å². The molecule has 1 heterocycles. The highest BCUT2D eigenvalue weighted by molar-refractivity contribution is 7.11. The van der Waals surface area contributed by atoms with Gasteiger partial charge in [0, 0.05) is 24.4 Å². The maximum atomic E-state index is 4.45. The zero-order chi connectivity index (χ0) is 14.1. The second kappa shape index (κ2) is 5.49. The summed E-state index contributed by atoms with van der Waals surface area (Å²) in [7, 11) is 0. The molecule has 1 aromatic rings. The highest BCUT2D eigenvalue weighted by Crippen LogP contribution is 2.49. The van der Waals surface area contributed by atoms with Gasteiger partial charge in [-0.1, -0.05) is 20.3 Å². The normalized spacial score (nSPS) is 22.9. The standard InChI is InChI=1S/C15H27N3S/c1-14(2,3)16-10-8-12-17-18-13(19-12)11-7-6-9-15(11,4)5/h11,16H,6-10H2,1-5H3. The molecule has 19 heavy (non-hydrogen) atoms. The van der Waals surface area contributed by atoms with Crippen molar-refractivity contribution in [2.75, 3.05) is 6.54 Å². The Morgan fingerprint density at radius 2 is 2.05 bits per heavy atom. The summed E-state index contributed by atoms with van der Waals surface area (Å²) >= 11 is 1.82. The molecular formula is C15H27N3S. The summed E-state index contributed by atoms with van der Waals surface area (Å²) in [5.41, 5.74) is 0.585. The van der Waals surface area contributed by atoms with Gasteiger partial charge in [0.15, 0.2) is 0 Å². The SMILES string of the molecule is CC(C)(C)NCCc1nnc(C2CCCC2(C)C)s1. The average molecular weight is 281 g/mol. The van der Waals surface area contributed by atoms with Crippen LogP contribution in [0, 0.1) is 5.41 Å². The largest absolute Gasteiger partial charge is 0.312 e. The fourth-order valence-electron chi connectivity index (χ4n) is 2.84. The highest BCUT2D eigenvalue weighted by atomic mass is 32.1. The molecular weight excluding hydrogens is 254 g/mol. The predicted molar refractivity (Wildman–Crippen MR) is 81.7 cm³/mol. The van der Waals surface area contributed by atoms with Crippen LogP contribution in [0.25, 0.3) is 0 Å². The molecule has 2 rings (SSSR count). The third kappa shape index (κ3) is 3.99. The topological polar surface area (TPSA) is 37.8 Å². The van der Waals surface area contributed by atoms with Crippen molar-refractivity contribution in [2.45, 2.75) is 71.8 Å². The summed E-state index contributed by atoms with van der Waals surface area (Å²) < 4.78 is 0. The van der Waals surface area contributed by atoms with Crippen LogP contribution >= 0.6 is 11.3 Å². The first-order valence-electron chi connectivity index (χ1n) is 7.35. The molecule has 0 saturated heterocycles. The van der Waals surface area contributed by atoms with Crippen LogP contribution in [-0.2, 0) is 6.42 Å². The van der Waals surface area contributed by atoms with Gasteiger partial charge < -0.3 is 5.32 Å². The smallest absolute Gasteiger partial charge is 0.121 e. The third-order valence-corrected chi connectivity index (χ3v) is 5.13. The first-order chi connectivity index (χ1) is 8.78. The minimum Gasteiger partial charge on any atom is -0.312 e. The van der Waals surface area contributed by atoms with Crippen LogP contribution < -0.4 is 5.32 Å². The van der Waals surface area contributed by atoms with Crippen molar-refractivity contribution < 1.29 is 0 Å². The second-order valence-corrected chi connectivity index (χ2v) is 8.49. The lowest BCUT2D eigenvalue weighted by atomic mass is 9.82. The molecule has 1 fully saturated rings. The van der Waals surface area contributed by atoms with E-state index in [9.17, 15) is 0 Å². The molecule has 4 heteroatoms. The van der Waals surface area contributed by atoms with E-state index in [1.807, 2.05) is 11.3 Å². The van der Waals surface area contributed by atoms with Gasteiger partial charge in [0.25, 0.3) is 0 Å². The van der Waals surface area contributed by atoms with Crippen LogP contribution in [0.15, 0.2) is 0 Å². The van der Waals surface area contributed by atoms with Crippen molar-refractivity contribution in [2.24, 2.45) is 5.41 Å². The van der Waals surface area contributed by atoms with E-state index in [1.165, 1.54) is 29.3 Å². The van der Waals surface area contributed by atoms with E-state index in [1.54, 1.807) is 0 Å². The molecule has 0 radical (unpaired) electrons. The third-order valence-electron chi connectivity index (χ3n) is 4.03. The first-order valence-corrected chi connectivity index (χ1v) is 8.17. The van der Waals surface area contributed by atoms with Gasteiger partial charge in [-0.15, -0.1) is 21.5 Å². The van der Waals surface area contributed by atoms with Gasteiger partial charge in [0.2, 0.25) is 0 Å². The van der Waals surface area contributed by atoms with E-state index in [4.69, 9.17) is 0 Å². The van der Waals surface area contributed by atoms with Crippen LogP contribution in [-0.4, -0.2) is 22.3 Å². The monoisotopic (exact) mass is 281 g/mol. The van der Waals surface area contributed by atoms with Crippen LogP contribution in [0.1, 0.15) is 69.8 Å². The molecule has 0 spiro atoms. The molecule has 1 saturated carbocycles. The molecule has 0 aliphatic heterocycles. The van der Waals surface area contributed by atoms with Crippen molar-refractivity contribution in [1.29, 1.82) is 0 Å². The number of hydrogen-bond acceptors (Lipinski definition) is 4. The zero-order valence-corrected chi connectivity index (χ0v) is 13.7. The van der Waals surface area contributed by atoms with E-state index >= 15 is 0 Å². The number of aromatic nitrogens is 2. The molecule has 1 aliphatic rings. The van der Waals surface area contributed by atoms with Gasteiger partial charge >= 0.3 is 0 Å². The van der Waals surface area contributed by atoms with E-state index in [-0.39, 0.29) is 5.54 Å². The molecule has 108 valence electrons. The molecule has 1 N–H and O–H groups in total. The molecule has 0 bridgehead atoms. The Labute approximate surface area is 121 Å². The summed E-state index contributed by atoms with van der Waals surface area (Å²) in [6, 6.07) is 0. The molecule has 1 aromatic heterocycles. The van der Waals surface area contributed by atoms with E-state index in [2.05, 4.69) is 50.1 Å². The Balaban J connectivity index is 1.92. The Kier molecular flexibility index (Phi) is 4.31. The lowest BCUT2D eigenvalue weighted by molar-refractivity contribution is 0.330. The van der Waals surface area contributed by atoms with Crippen LogP contribution in [0.4, 0.5) is 0 Å². The number of hydrogen-bond donors (Lipinski definition) is 1. The first kappa shape index (κ1) is 14.9. The molecule has 1 atom stereocenters. The lowest BCUT2D eigenvalue weighted by Gasteiger charge is -2.24. The summed E-state index contributed by atoms with van der Waals surface area (Å²) in [5, 5.41) is 14.8. The Morgan fingerprint density at radius 1 is 1.32 bits per heavy atom. The van der Waals surface area contributed by atoms with Crippen LogP contribution in [0.2, 0.25) is 0 Å². The van der Waals surface area contributed by atoms with Gasteiger partial charge in [-0.05, 0) is 39.0 Å². The van der Waals surface area contributed by atoms with Gasteiger partial charge in [0.1, 0.15) is 10.0 Å². The fourth-order valence-corrected chi connectivity index (χ4v) is 4.03. The van der Waals surface area contributed by atoms with Crippen molar-refractivity contribution in [3.8, 4) is 0 Å². The lowest BCUT2D eigenvalue weighted by Crippen LogP contribution is -2.37. The van der Waals surface area contributed by atoms with Gasteiger partial charge in [-0.2, -0.15) is 0 Å². The summed E-state index contributed by atoms with van der Waals surface area (Å²) in [4.78, 5) is 0. The van der Waals surface area contributed by atoms with E-state index < -0.39 is 0 Å². The number of nitrogens with one attached hydrogen (secondary N) is 1. The molecule has 0 aromatic carbocycles. The molecule has 1 aliphatic carbocycles. The predicted octanol–water partition coefficient (Wildman–Crippen LogP) is 3.76. The molecule has 0 amide bonds. The molecule has 1 unspecified atom stereocenters. The van der Waals surface area contributed by atoms with Crippen molar-refractivity contribution in [1.82, 2.24) is 15.5 Å². The van der Waals surface area contributed by atoms with Gasteiger partial charge in [0.05, 0.1) is 0 Å². The van der Waals surface area contributed by atoms with Crippen molar-refractivity contribution in [3.05, 3.63) is 10.0 Å². The summed E-state index contributed by atoms with van der Waals surface area (Å²) in [6.07, 6.45) is 4.92. The Morgan fingerprint density at radius 3 is 2.63 bits per heavy atom. The second-order valence-electron chi connectivity index (χ2n) is 7.39.